The van der Waals surface area contributed by atoms with Gasteiger partial charge in [0, 0.05) is 25.6 Å². The number of carbonyl (C=O) groups excluding carboxylic acids is 2. The lowest BCUT2D eigenvalue weighted by Gasteiger charge is -2.11. The minimum Gasteiger partial charge on any atom is -0.377 e. The van der Waals surface area contributed by atoms with Gasteiger partial charge in [-0.1, -0.05) is 6.07 Å². The van der Waals surface area contributed by atoms with E-state index in [-0.39, 0.29) is 30.1 Å². The third kappa shape index (κ3) is 9.68. The number of anilines is 2. The van der Waals surface area contributed by atoms with Gasteiger partial charge in [0.2, 0.25) is 21.8 Å². The van der Waals surface area contributed by atoms with Crippen LogP contribution in [-0.2, 0) is 24.3 Å². The summed E-state index contributed by atoms with van der Waals surface area (Å²) in [6, 6.07) is 6.32. The van der Waals surface area contributed by atoms with E-state index in [4.69, 9.17) is 4.74 Å². The molecule has 0 atom stereocenters. The summed E-state index contributed by atoms with van der Waals surface area (Å²) < 4.78 is 31.8. The molecule has 0 fully saturated rings. The van der Waals surface area contributed by atoms with Gasteiger partial charge in [-0.15, -0.1) is 0 Å². The molecular formula is C16H25N3O5S. The van der Waals surface area contributed by atoms with Crippen molar-refractivity contribution < 1.29 is 22.7 Å². The molecule has 0 aliphatic rings. The second-order valence-corrected chi connectivity index (χ2v) is 7.54. The Bertz CT molecular complexity index is 689. The van der Waals surface area contributed by atoms with Gasteiger partial charge < -0.3 is 15.4 Å². The maximum Gasteiger partial charge on any atom is 0.233 e. The molecule has 0 bridgehead atoms. The summed E-state index contributed by atoms with van der Waals surface area (Å²) >= 11 is 0. The Morgan fingerprint density at radius 1 is 1.20 bits per heavy atom. The second-order valence-electron chi connectivity index (χ2n) is 5.70. The van der Waals surface area contributed by atoms with Crippen molar-refractivity contribution in [2.45, 2.75) is 33.3 Å². The van der Waals surface area contributed by atoms with Gasteiger partial charge in [0.1, 0.15) is 0 Å². The van der Waals surface area contributed by atoms with E-state index in [1.54, 1.807) is 18.2 Å². The standard InChI is InChI=1S/C16H25N3O5S/c1-12(2)24-9-8-17-16(21)7-10-25(22,23)19-15-6-4-5-14(11-15)18-13(3)20/h4-6,11-12,19H,7-10H2,1-3H3,(H,17,21)(H,18,20). The molecule has 1 aromatic rings. The number of rotatable bonds is 10. The van der Waals surface area contributed by atoms with Crippen molar-refractivity contribution >= 4 is 33.2 Å². The van der Waals surface area contributed by atoms with Crippen LogP contribution in [0.4, 0.5) is 11.4 Å². The molecule has 1 rings (SSSR count). The Morgan fingerprint density at radius 3 is 2.52 bits per heavy atom. The van der Waals surface area contributed by atoms with Gasteiger partial charge in [-0.2, -0.15) is 0 Å². The molecule has 3 N–H and O–H groups in total. The summed E-state index contributed by atoms with van der Waals surface area (Å²) in [7, 11) is -3.67. The lowest BCUT2D eigenvalue weighted by atomic mass is 10.3. The van der Waals surface area contributed by atoms with Crippen LogP contribution in [0.3, 0.4) is 0 Å². The third-order valence-corrected chi connectivity index (χ3v) is 4.22. The molecule has 8 nitrogen and oxygen atoms in total. The van der Waals surface area contributed by atoms with Crippen LogP contribution in [0.5, 0.6) is 0 Å². The smallest absolute Gasteiger partial charge is 0.233 e. The van der Waals surface area contributed by atoms with Crippen molar-refractivity contribution in [2.75, 3.05) is 28.9 Å². The molecular weight excluding hydrogens is 346 g/mol. The zero-order valence-electron chi connectivity index (χ0n) is 14.7. The lowest BCUT2D eigenvalue weighted by Crippen LogP contribution is -2.30. The van der Waals surface area contributed by atoms with E-state index in [1.807, 2.05) is 13.8 Å². The normalized spacial score (nSPS) is 11.2. The molecule has 0 aliphatic carbocycles. The molecule has 0 saturated carbocycles. The average molecular weight is 371 g/mol. The van der Waals surface area contributed by atoms with E-state index < -0.39 is 10.0 Å². The van der Waals surface area contributed by atoms with Crippen LogP contribution in [0.2, 0.25) is 0 Å². The number of sulfonamides is 1. The number of nitrogens with one attached hydrogen (secondary N) is 3. The number of hydrogen-bond donors (Lipinski definition) is 3. The van der Waals surface area contributed by atoms with Crippen LogP contribution in [0.15, 0.2) is 24.3 Å². The van der Waals surface area contributed by atoms with Crippen LogP contribution < -0.4 is 15.4 Å². The fourth-order valence-electron chi connectivity index (χ4n) is 1.89. The van der Waals surface area contributed by atoms with Crippen LogP contribution >= 0.6 is 0 Å². The molecule has 0 unspecified atom stereocenters. The van der Waals surface area contributed by atoms with Gasteiger partial charge >= 0.3 is 0 Å². The first-order valence-corrected chi connectivity index (χ1v) is 9.59. The maximum atomic E-state index is 12.1. The molecule has 0 aliphatic heterocycles. The zero-order valence-corrected chi connectivity index (χ0v) is 15.5. The van der Waals surface area contributed by atoms with Crippen molar-refractivity contribution in [3.8, 4) is 0 Å². The summed E-state index contributed by atoms with van der Waals surface area (Å²) in [5.74, 6) is -0.948. The van der Waals surface area contributed by atoms with Crippen molar-refractivity contribution in [1.29, 1.82) is 0 Å². The van der Waals surface area contributed by atoms with Crippen molar-refractivity contribution in [3.63, 3.8) is 0 Å². The molecule has 9 heteroatoms. The first kappa shape index (κ1) is 20.9. The van der Waals surface area contributed by atoms with Crippen LogP contribution in [-0.4, -0.2) is 45.2 Å². The van der Waals surface area contributed by atoms with E-state index in [1.165, 1.54) is 13.0 Å². The van der Waals surface area contributed by atoms with E-state index >= 15 is 0 Å². The average Bonchev–Trinajstić information content (AvgIpc) is 2.49. The Labute approximate surface area is 148 Å². The summed E-state index contributed by atoms with van der Waals surface area (Å²) in [6.45, 7) is 5.86. The molecule has 0 radical (unpaired) electrons. The third-order valence-electron chi connectivity index (χ3n) is 2.93. The van der Waals surface area contributed by atoms with Gasteiger partial charge in [-0.25, -0.2) is 8.42 Å². The van der Waals surface area contributed by atoms with Crippen molar-refractivity contribution in [2.24, 2.45) is 0 Å². The Kier molecular flexibility index (Phi) is 8.36. The number of ether oxygens (including phenoxy) is 1. The highest BCUT2D eigenvalue weighted by molar-refractivity contribution is 7.92. The van der Waals surface area contributed by atoms with E-state index in [0.717, 1.165) is 0 Å². The van der Waals surface area contributed by atoms with E-state index in [2.05, 4.69) is 15.4 Å². The molecule has 0 spiro atoms. The first-order valence-electron chi connectivity index (χ1n) is 7.94. The van der Waals surface area contributed by atoms with Crippen LogP contribution in [0.1, 0.15) is 27.2 Å². The van der Waals surface area contributed by atoms with Crippen molar-refractivity contribution in [3.05, 3.63) is 24.3 Å². The maximum absolute atomic E-state index is 12.1. The van der Waals surface area contributed by atoms with E-state index in [0.29, 0.717) is 24.5 Å². The predicted octanol–water partition coefficient (Wildman–Crippen LogP) is 1.32. The zero-order chi connectivity index (χ0) is 18.9. The predicted molar refractivity (Wildman–Crippen MR) is 96.9 cm³/mol. The summed E-state index contributed by atoms with van der Waals surface area (Å²) in [4.78, 5) is 22.7. The van der Waals surface area contributed by atoms with Gasteiger partial charge in [-0.3, -0.25) is 14.3 Å². The summed E-state index contributed by atoms with van der Waals surface area (Å²) in [5.41, 5.74) is 0.799. The number of amides is 2. The van der Waals surface area contributed by atoms with Gasteiger partial charge in [0.05, 0.1) is 24.2 Å². The Balaban J connectivity index is 2.45. The quantitative estimate of drug-likeness (QED) is 0.537. The fraction of sp³-hybridized carbons (Fsp3) is 0.500. The molecule has 140 valence electrons. The highest BCUT2D eigenvalue weighted by atomic mass is 32.2. The molecule has 2 amide bonds. The van der Waals surface area contributed by atoms with Crippen LogP contribution in [0.25, 0.3) is 0 Å². The second kappa shape index (κ2) is 10.00. The molecule has 1 aromatic carbocycles. The molecule has 0 heterocycles. The SMILES string of the molecule is CC(=O)Nc1cccc(NS(=O)(=O)CCC(=O)NCCOC(C)C)c1. The van der Waals surface area contributed by atoms with Gasteiger partial charge in [-0.05, 0) is 32.0 Å². The first-order chi connectivity index (χ1) is 11.7. The Hall–Kier alpha value is -2.13. The topological polar surface area (TPSA) is 114 Å². The van der Waals surface area contributed by atoms with Crippen molar-refractivity contribution in [1.82, 2.24) is 5.32 Å². The number of hydrogen-bond acceptors (Lipinski definition) is 5. The molecule has 25 heavy (non-hydrogen) atoms. The Morgan fingerprint density at radius 2 is 1.88 bits per heavy atom. The van der Waals surface area contributed by atoms with E-state index in [9.17, 15) is 18.0 Å². The fourth-order valence-corrected chi connectivity index (χ4v) is 2.94. The minimum atomic E-state index is -3.67. The molecule has 0 saturated heterocycles. The largest absolute Gasteiger partial charge is 0.377 e. The number of carbonyl (C=O) groups is 2. The summed E-state index contributed by atoms with van der Waals surface area (Å²) in [5, 5.41) is 5.17. The molecule has 0 aromatic heterocycles. The monoisotopic (exact) mass is 371 g/mol. The van der Waals surface area contributed by atoms with Gasteiger partial charge in [0.15, 0.2) is 0 Å². The minimum absolute atomic E-state index is 0.0785. The highest BCUT2D eigenvalue weighted by Crippen LogP contribution is 2.16. The highest BCUT2D eigenvalue weighted by Gasteiger charge is 2.13. The summed E-state index contributed by atoms with van der Waals surface area (Å²) in [6.07, 6.45) is -0.0719. The lowest BCUT2D eigenvalue weighted by molar-refractivity contribution is -0.121. The van der Waals surface area contributed by atoms with Crippen LogP contribution in [0, 0.1) is 0 Å². The number of benzene rings is 1. The van der Waals surface area contributed by atoms with Gasteiger partial charge in [0.25, 0.3) is 0 Å².